The van der Waals surface area contributed by atoms with E-state index < -0.39 is 0 Å². The summed E-state index contributed by atoms with van der Waals surface area (Å²) in [6.07, 6.45) is 3.53. The van der Waals surface area contributed by atoms with E-state index in [-0.39, 0.29) is 11.7 Å². The van der Waals surface area contributed by atoms with Crippen LogP contribution in [0.2, 0.25) is 0 Å². The number of aryl methyl sites for hydroxylation is 1. The van der Waals surface area contributed by atoms with Crippen LogP contribution in [0, 0.1) is 6.92 Å². The molecule has 0 aliphatic carbocycles. The molecule has 0 spiro atoms. The zero-order valence-electron chi connectivity index (χ0n) is 17.3. The first-order chi connectivity index (χ1) is 14.6. The van der Waals surface area contributed by atoms with Gasteiger partial charge in [0.05, 0.1) is 5.92 Å². The van der Waals surface area contributed by atoms with Gasteiger partial charge < -0.3 is 4.90 Å². The molecule has 150 valence electrons. The fraction of sp³-hybridized carbons (Fsp3) is 0.154. The molecule has 3 aromatic carbocycles. The van der Waals surface area contributed by atoms with Gasteiger partial charge in [-0.05, 0) is 36.2 Å². The first-order valence-electron chi connectivity index (χ1n) is 10.1. The molecule has 4 rings (SSSR count). The van der Waals surface area contributed by atoms with Gasteiger partial charge in [0, 0.05) is 37.4 Å². The third kappa shape index (κ3) is 4.03. The van der Waals surface area contributed by atoms with Crippen LogP contribution >= 0.6 is 0 Å². The summed E-state index contributed by atoms with van der Waals surface area (Å²) in [5.74, 6) is 0.129. The molecule has 0 unspecified atom stereocenters. The second kappa shape index (κ2) is 8.78. The van der Waals surface area contributed by atoms with Crippen LogP contribution in [0.25, 0.3) is 5.69 Å². The van der Waals surface area contributed by atoms with Gasteiger partial charge in [-0.1, -0.05) is 66.7 Å². The highest BCUT2D eigenvalue weighted by Crippen LogP contribution is 2.26. The molecule has 0 saturated heterocycles. The van der Waals surface area contributed by atoms with Crippen molar-refractivity contribution < 1.29 is 4.79 Å². The minimum absolute atomic E-state index is 0.00971. The number of Topliss-reactive ketones (excluding diaryl/α,β-unsaturated/α-hetero) is 1. The van der Waals surface area contributed by atoms with Crippen molar-refractivity contribution in [3.8, 4) is 5.69 Å². The molecule has 4 aromatic rings. The summed E-state index contributed by atoms with van der Waals surface area (Å²) in [5, 5.41) is 0. The largest absolute Gasteiger partial charge is 0.373 e. The third-order valence-corrected chi connectivity index (χ3v) is 5.40. The Labute approximate surface area is 177 Å². The van der Waals surface area contributed by atoms with Crippen molar-refractivity contribution in [1.82, 2.24) is 9.55 Å². The number of hydrogen-bond donors (Lipinski definition) is 0. The molecule has 0 saturated carbocycles. The number of imidazole rings is 1. The monoisotopic (exact) mass is 395 g/mol. The summed E-state index contributed by atoms with van der Waals surface area (Å²) in [5.41, 5.74) is 4.23. The summed E-state index contributed by atoms with van der Waals surface area (Å²) < 4.78 is 1.87. The Hall–Kier alpha value is -3.66. The van der Waals surface area contributed by atoms with Crippen LogP contribution < -0.4 is 4.90 Å². The molecule has 0 radical (unpaired) electrons. The number of likely N-dealkylation sites (N-methyl/N-ethyl adjacent to an activating group) is 1. The van der Waals surface area contributed by atoms with Gasteiger partial charge in [-0.2, -0.15) is 0 Å². The van der Waals surface area contributed by atoms with E-state index in [1.54, 1.807) is 6.20 Å². The van der Waals surface area contributed by atoms with Crippen molar-refractivity contribution in [1.29, 1.82) is 0 Å². The van der Waals surface area contributed by atoms with Crippen molar-refractivity contribution in [3.63, 3.8) is 0 Å². The maximum atomic E-state index is 13.7. The van der Waals surface area contributed by atoms with E-state index in [9.17, 15) is 4.79 Å². The number of carbonyl (C=O) groups is 1. The number of anilines is 1. The van der Waals surface area contributed by atoms with Crippen LogP contribution in [0.15, 0.2) is 97.3 Å². The molecule has 4 heteroatoms. The van der Waals surface area contributed by atoms with Gasteiger partial charge in [0.25, 0.3) is 0 Å². The van der Waals surface area contributed by atoms with Crippen LogP contribution in [0.5, 0.6) is 0 Å². The Morgan fingerprint density at radius 2 is 1.57 bits per heavy atom. The minimum Gasteiger partial charge on any atom is -0.373 e. The predicted molar refractivity (Wildman–Crippen MR) is 122 cm³/mol. The van der Waals surface area contributed by atoms with E-state index >= 15 is 0 Å². The summed E-state index contributed by atoms with van der Waals surface area (Å²) >= 11 is 0. The fourth-order valence-corrected chi connectivity index (χ4v) is 3.83. The minimum atomic E-state index is -0.333. The first-order valence-corrected chi connectivity index (χ1v) is 10.1. The lowest BCUT2D eigenvalue weighted by Crippen LogP contribution is -2.30. The quantitative estimate of drug-likeness (QED) is 0.399. The topological polar surface area (TPSA) is 38.1 Å². The predicted octanol–water partition coefficient (Wildman–Crippen LogP) is 5.28. The molecule has 0 fully saturated rings. The van der Waals surface area contributed by atoms with Crippen LogP contribution in [0.1, 0.15) is 27.7 Å². The van der Waals surface area contributed by atoms with E-state index in [0.29, 0.717) is 12.4 Å². The lowest BCUT2D eigenvalue weighted by Gasteiger charge is -2.26. The average Bonchev–Trinajstić information content (AvgIpc) is 3.28. The normalized spacial score (nSPS) is 11.8. The molecular weight excluding hydrogens is 370 g/mol. The Bertz CT molecular complexity index is 1120. The highest BCUT2D eigenvalue weighted by Gasteiger charge is 2.27. The lowest BCUT2D eigenvalue weighted by molar-refractivity contribution is 0.0950. The Morgan fingerprint density at radius 3 is 2.27 bits per heavy atom. The number of aromatic nitrogens is 2. The van der Waals surface area contributed by atoms with Gasteiger partial charge in [-0.15, -0.1) is 0 Å². The average molecular weight is 396 g/mol. The Balaban J connectivity index is 1.70. The van der Waals surface area contributed by atoms with Gasteiger partial charge in [-0.25, -0.2) is 4.98 Å². The molecule has 1 heterocycles. The molecule has 1 aromatic heterocycles. The van der Waals surface area contributed by atoms with Crippen LogP contribution in [-0.4, -0.2) is 28.9 Å². The fourth-order valence-electron chi connectivity index (χ4n) is 3.83. The van der Waals surface area contributed by atoms with E-state index in [2.05, 4.69) is 28.9 Å². The summed E-state index contributed by atoms with van der Waals surface area (Å²) in [6, 6.07) is 28.1. The second-order valence-electron chi connectivity index (χ2n) is 7.45. The number of hydrogen-bond acceptors (Lipinski definition) is 3. The number of rotatable bonds is 7. The zero-order chi connectivity index (χ0) is 20.9. The summed E-state index contributed by atoms with van der Waals surface area (Å²) in [7, 11) is 2.04. The van der Waals surface area contributed by atoms with Gasteiger partial charge in [0.1, 0.15) is 0 Å². The Kier molecular flexibility index (Phi) is 5.75. The first kappa shape index (κ1) is 19.6. The summed E-state index contributed by atoms with van der Waals surface area (Å²) in [6.45, 7) is 2.66. The molecule has 1 atom stereocenters. The SMILES string of the molecule is Cc1ccccc1N(C)C[C@@H](C(=O)c1nccn1-c1ccccc1)c1ccccc1. The molecule has 0 aliphatic heterocycles. The van der Waals surface area contributed by atoms with E-state index in [4.69, 9.17) is 0 Å². The van der Waals surface area contributed by atoms with Crippen molar-refractivity contribution in [2.45, 2.75) is 12.8 Å². The molecule has 0 aliphatic rings. The van der Waals surface area contributed by atoms with Crippen molar-refractivity contribution in [2.24, 2.45) is 0 Å². The number of ketones is 1. The molecule has 0 amide bonds. The second-order valence-corrected chi connectivity index (χ2v) is 7.45. The van der Waals surface area contributed by atoms with E-state index in [1.165, 1.54) is 5.56 Å². The number of carbonyl (C=O) groups excluding carboxylic acids is 1. The van der Waals surface area contributed by atoms with Gasteiger partial charge in [-0.3, -0.25) is 9.36 Å². The molecule has 0 bridgehead atoms. The van der Waals surface area contributed by atoms with Crippen molar-refractivity contribution in [3.05, 3.63) is 114 Å². The van der Waals surface area contributed by atoms with Crippen molar-refractivity contribution >= 4 is 11.5 Å². The third-order valence-electron chi connectivity index (χ3n) is 5.40. The Morgan fingerprint density at radius 1 is 0.933 bits per heavy atom. The molecule has 0 N–H and O–H groups in total. The standard InChI is InChI=1S/C26H25N3O/c1-20-11-9-10-16-24(20)28(2)19-23(21-12-5-3-6-13-21)25(30)26-27-17-18-29(26)22-14-7-4-8-15-22/h3-18,23H,19H2,1-2H3/t23-/m1/s1. The zero-order valence-corrected chi connectivity index (χ0v) is 17.3. The van der Waals surface area contributed by atoms with Crippen LogP contribution in [0.3, 0.4) is 0 Å². The maximum absolute atomic E-state index is 13.7. The highest BCUT2D eigenvalue weighted by atomic mass is 16.1. The van der Waals surface area contributed by atoms with E-state index in [1.807, 2.05) is 90.6 Å². The van der Waals surface area contributed by atoms with Gasteiger partial charge >= 0.3 is 0 Å². The highest BCUT2D eigenvalue weighted by molar-refractivity contribution is 5.99. The lowest BCUT2D eigenvalue weighted by atomic mass is 9.93. The molecule has 4 nitrogen and oxygen atoms in total. The van der Waals surface area contributed by atoms with Gasteiger partial charge in [0.15, 0.2) is 5.82 Å². The van der Waals surface area contributed by atoms with Crippen molar-refractivity contribution in [2.75, 3.05) is 18.5 Å². The van der Waals surface area contributed by atoms with Gasteiger partial charge in [0.2, 0.25) is 5.78 Å². The number of benzene rings is 3. The number of para-hydroxylation sites is 2. The smallest absolute Gasteiger partial charge is 0.207 e. The number of nitrogens with zero attached hydrogens (tertiary/aromatic N) is 3. The maximum Gasteiger partial charge on any atom is 0.207 e. The molecular formula is C26H25N3O. The summed E-state index contributed by atoms with van der Waals surface area (Å²) in [4.78, 5) is 20.3. The molecule has 30 heavy (non-hydrogen) atoms. The van der Waals surface area contributed by atoms with Crippen LogP contribution in [-0.2, 0) is 0 Å². The van der Waals surface area contributed by atoms with Crippen LogP contribution in [0.4, 0.5) is 5.69 Å². The van der Waals surface area contributed by atoms with E-state index in [0.717, 1.165) is 16.9 Å².